The normalized spacial score (nSPS) is 21.9. The lowest BCUT2D eigenvalue weighted by atomic mass is 9.49. The van der Waals surface area contributed by atoms with Gasteiger partial charge in [0.15, 0.2) is 0 Å². The molecule has 54 heavy (non-hydrogen) atoms. The van der Waals surface area contributed by atoms with Gasteiger partial charge in [0.25, 0.3) is 0 Å². The minimum absolute atomic E-state index is 0.0658. The molecule has 0 saturated carbocycles. The highest BCUT2D eigenvalue weighted by Gasteiger charge is 2.63. The second-order valence-corrected chi connectivity index (χ2v) is 21.8. The number of hydrogen-bond donors (Lipinski definition) is 2. The van der Waals surface area contributed by atoms with E-state index in [9.17, 15) is 16.8 Å². The molecule has 3 aliphatic heterocycles. The van der Waals surface area contributed by atoms with Crippen molar-refractivity contribution in [1.29, 1.82) is 0 Å². The largest absolute Gasteiger partial charge is 0.494 e. The Labute approximate surface area is 334 Å². The van der Waals surface area contributed by atoms with Crippen LogP contribution in [0, 0.1) is 0 Å². The van der Waals surface area contributed by atoms with Gasteiger partial charge in [0.05, 0.1) is 45.1 Å². The van der Waals surface area contributed by atoms with Crippen molar-refractivity contribution < 1.29 is 44.8 Å². The lowest BCUT2D eigenvalue weighted by Crippen LogP contribution is -2.41. The van der Waals surface area contributed by atoms with Gasteiger partial charge in [-0.25, -0.2) is 26.3 Å². The molecule has 0 atom stereocenters. The molecular weight excluding hydrogens is 797 g/mol. The van der Waals surface area contributed by atoms with E-state index >= 15 is 0 Å². The van der Waals surface area contributed by atoms with Crippen molar-refractivity contribution in [2.45, 2.75) is 130 Å². The van der Waals surface area contributed by atoms with E-state index in [-0.39, 0.29) is 45.1 Å². The van der Waals surface area contributed by atoms with Crippen LogP contribution in [0.5, 0.6) is 0 Å². The molecule has 0 amide bonds. The first-order valence-corrected chi connectivity index (χ1v) is 22.3. The van der Waals surface area contributed by atoms with Gasteiger partial charge in [0.1, 0.15) is 0 Å². The molecule has 3 aliphatic rings. The van der Waals surface area contributed by atoms with Gasteiger partial charge in [0.2, 0.25) is 20.0 Å². The second kappa shape index (κ2) is 17.3. The zero-order valence-corrected chi connectivity index (χ0v) is 37.7. The van der Waals surface area contributed by atoms with Crippen LogP contribution in [0.25, 0.3) is 0 Å². The van der Waals surface area contributed by atoms with Gasteiger partial charge in [0, 0.05) is 4.47 Å². The van der Waals surface area contributed by atoms with Crippen LogP contribution in [0.15, 0.2) is 53.0 Å². The zero-order valence-electron chi connectivity index (χ0n) is 34.5. The predicted octanol–water partition coefficient (Wildman–Crippen LogP) is 4.87. The molecule has 3 fully saturated rings. The van der Waals surface area contributed by atoms with Gasteiger partial charge in [-0.2, -0.15) is 0 Å². The summed E-state index contributed by atoms with van der Waals surface area (Å²) in [6.07, 6.45) is 0.985. The molecule has 0 bridgehead atoms. The van der Waals surface area contributed by atoms with Gasteiger partial charge in [-0.05, 0) is 139 Å². The van der Waals surface area contributed by atoms with E-state index in [0.29, 0.717) is 12.8 Å². The summed E-state index contributed by atoms with van der Waals surface area (Å²) in [6, 6.07) is 15.4. The molecule has 302 valence electrons. The third-order valence-electron chi connectivity index (χ3n) is 11.1. The molecule has 2 aromatic carbocycles. The summed E-state index contributed by atoms with van der Waals surface area (Å²) in [5, 5.41) is 0. The molecule has 0 spiro atoms. The van der Waals surface area contributed by atoms with E-state index < -0.39 is 41.2 Å². The van der Waals surface area contributed by atoms with Crippen LogP contribution in [0.1, 0.15) is 94.2 Å². The fourth-order valence-electron chi connectivity index (χ4n) is 5.27. The average molecular weight is 857 g/mol. The number of halogens is 1. The number of aryl methyl sites for hydroxylation is 2. The van der Waals surface area contributed by atoms with Crippen molar-refractivity contribution in [1.82, 2.24) is 9.44 Å². The monoisotopic (exact) mass is 856 g/mol. The van der Waals surface area contributed by atoms with Crippen molar-refractivity contribution in [2.24, 2.45) is 0 Å². The van der Waals surface area contributed by atoms with Crippen molar-refractivity contribution in [3.8, 4) is 0 Å². The Morgan fingerprint density at radius 1 is 0.537 bits per heavy atom. The number of nitrogens with one attached hydrogen (secondary N) is 2. The quantitative estimate of drug-likeness (QED) is 0.318. The highest BCUT2D eigenvalue weighted by atomic mass is 79.9. The summed E-state index contributed by atoms with van der Waals surface area (Å²) < 4.78 is 86.8. The molecule has 0 aromatic heterocycles. The maximum atomic E-state index is 11.5. The first-order chi connectivity index (χ1) is 24.5. The van der Waals surface area contributed by atoms with E-state index in [1.807, 2.05) is 132 Å². The number of sulfonamides is 2. The lowest BCUT2D eigenvalue weighted by Gasteiger charge is -2.32. The molecule has 0 radical (unpaired) electrons. The van der Waals surface area contributed by atoms with E-state index in [1.54, 1.807) is 0 Å². The summed E-state index contributed by atoms with van der Waals surface area (Å²) in [6.45, 7) is 24.2. The third-order valence-corrected chi connectivity index (χ3v) is 14.3. The van der Waals surface area contributed by atoms with Gasteiger partial charge in [-0.3, -0.25) is 0 Å². The third kappa shape index (κ3) is 12.1. The van der Waals surface area contributed by atoms with Crippen LogP contribution >= 0.6 is 15.9 Å². The topological polar surface area (TPSA) is 148 Å². The Kier molecular flexibility index (Phi) is 15.1. The zero-order chi connectivity index (χ0) is 41.2. The van der Waals surface area contributed by atoms with Crippen molar-refractivity contribution in [3.63, 3.8) is 0 Å². The van der Waals surface area contributed by atoms with E-state index in [1.165, 1.54) is 14.1 Å². The highest BCUT2D eigenvalue weighted by Crippen LogP contribution is 2.43. The molecule has 0 unspecified atom stereocenters. The molecule has 3 heterocycles. The van der Waals surface area contributed by atoms with E-state index in [0.717, 1.165) is 21.1 Å². The first kappa shape index (κ1) is 47.1. The fraction of sp³-hybridized carbons (Fsp3) is 0.667. The average Bonchev–Trinajstić information content (AvgIpc) is 3.53. The summed E-state index contributed by atoms with van der Waals surface area (Å²) >= 11 is 3.33. The predicted molar refractivity (Wildman–Crippen MR) is 222 cm³/mol. The summed E-state index contributed by atoms with van der Waals surface area (Å²) in [4.78, 5) is 0. The molecule has 18 heteroatoms. The van der Waals surface area contributed by atoms with Crippen LogP contribution in [0.2, 0.25) is 0 Å². The van der Waals surface area contributed by atoms with Crippen LogP contribution in [-0.2, 0) is 60.8 Å². The molecule has 2 N–H and O–H groups in total. The van der Waals surface area contributed by atoms with Crippen molar-refractivity contribution in [2.75, 3.05) is 25.6 Å². The molecule has 2 aromatic rings. The Morgan fingerprint density at radius 2 is 0.870 bits per heavy atom. The SMILES string of the molecule is CC1(C)OB(B2OC(C)(C)C(C)(C)O2)OC1(C)C.CNS(=O)(=O)CCc1cccc(B2OC(C)(C)C(C)(C)O2)c1.CNS(=O)(=O)CCc1cccc(Br)c1. The minimum Gasteiger partial charge on any atom is -0.405 e. The van der Waals surface area contributed by atoms with E-state index in [4.69, 9.17) is 27.9 Å². The van der Waals surface area contributed by atoms with Crippen LogP contribution < -0.4 is 14.9 Å². The summed E-state index contributed by atoms with van der Waals surface area (Å²) in [5.41, 5.74) is 0.666. The van der Waals surface area contributed by atoms with Gasteiger partial charge < -0.3 is 27.9 Å². The highest BCUT2D eigenvalue weighted by molar-refractivity contribution is 9.10. The first-order valence-electron chi connectivity index (χ1n) is 18.2. The van der Waals surface area contributed by atoms with Gasteiger partial charge in [-0.1, -0.05) is 52.3 Å². The number of benzene rings is 2. The maximum Gasteiger partial charge on any atom is 0.494 e. The minimum atomic E-state index is -3.20. The Balaban J connectivity index is 0.000000224. The van der Waals surface area contributed by atoms with Gasteiger partial charge >= 0.3 is 21.1 Å². The Bertz CT molecular complexity index is 1730. The second-order valence-electron chi connectivity index (χ2n) is 16.8. The smallest absolute Gasteiger partial charge is 0.405 e. The standard InChI is InChI=1S/C15H24BNO4S.C12H24B2O4.C9H12BrNO2S/c1-14(2)15(3,4)21-16(20-14)13-8-6-7-12(11-13)9-10-22(18,19)17-5;1-9(2)10(3,4)16-13(15-9)14-17-11(5,6)12(7,8)18-14;1-11-14(12,13)6-5-8-3-2-4-9(10)7-8/h6-8,11,17H,9-10H2,1-5H3;1-8H3;2-4,7,11H,5-6H2,1H3. The van der Waals surface area contributed by atoms with Crippen LogP contribution in [0.3, 0.4) is 0 Å². The molecule has 0 aliphatic carbocycles. The molecule has 5 rings (SSSR count). The summed E-state index contributed by atoms with van der Waals surface area (Å²) in [5.74, 6) is 0.191. The molecule has 3 saturated heterocycles. The van der Waals surface area contributed by atoms with Crippen molar-refractivity contribution >= 4 is 62.6 Å². The van der Waals surface area contributed by atoms with Crippen LogP contribution in [0.4, 0.5) is 0 Å². The van der Waals surface area contributed by atoms with Crippen LogP contribution in [-0.4, -0.2) is 97.2 Å². The summed E-state index contributed by atoms with van der Waals surface area (Å²) in [7, 11) is -4.82. The lowest BCUT2D eigenvalue weighted by molar-refractivity contribution is 0.00578. The number of rotatable bonds is 10. The van der Waals surface area contributed by atoms with Gasteiger partial charge in [-0.15, -0.1) is 0 Å². The maximum absolute atomic E-state index is 11.5. The number of hydrogen-bond acceptors (Lipinski definition) is 10. The van der Waals surface area contributed by atoms with E-state index in [2.05, 4.69) is 25.4 Å². The molecular formula is C36H60B3BrN2O10S2. The fourth-order valence-corrected chi connectivity index (χ4v) is 7.14. The molecule has 12 nitrogen and oxygen atoms in total. The Morgan fingerprint density at radius 3 is 1.22 bits per heavy atom. The Hall–Kier alpha value is -1.31. The van der Waals surface area contributed by atoms with Crippen molar-refractivity contribution in [3.05, 3.63) is 64.1 Å².